The zero-order chi connectivity index (χ0) is 13.9. The minimum Gasteiger partial charge on any atom is -0.370 e. The third kappa shape index (κ3) is 4.08. The lowest BCUT2D eigenvalue weighted by Gasteiger charge is -2.24. The molecule has 0 spiro atoms. The van der Waals surface area contributed by atoms with E-state index in [2.05, 4.69) is 10.3 Å². The average molecular weight is 270 g/mol. The van der Waals surface area contributed by atoms with Crippen molar-refractivity contribution < 1.29 is 9.59 Å². The SMILES string of the molecule is CC(N)c1nc(C(=O)NC(C)(C)CC(N)=O)cs1. The largest absolute Gasteiger partial charge is 0.370 e. The molecule has 0 saturated heterocycles. The lowest BCUT2D eigenvalue weighted by atomic mass is 10.0. The van der Waals surface area contributed by atoms with E-state index in [4.69, 9.17) is 11.5 Å². The van der Waals surface area contributed by atoms with Crippen LogP contribution in [0.4, 0.5) is 0 Å². The van der Waals surface area contributed by atoms with Crippen molar-refractivity contribution in [3.63, 3.8) is 0 Å². The van der Waals surface area contributed by atoms with Gasteiger partial charge in [-0.05, 0) is 20.8 Å². The van der Waals surface area contributed by atoms with Gasteiger partial charge in [0.1, 0.15) is 10.7 Å². The quantitative estimate of drug-likeness (QED) is 0.725. The summed E-state index contributed by atoms with van der Waals surface area (Å²) in [4.78, 5) is 26.9. The van der Waals surface area contributed by atoms with Gasteiger partial charge in [0.2, 0.25) is 5.91 Å². The summed E-state index contributed by atoms with van der Waals surface area (Å²) in [5, 5.41) is 5.07. The lowest BCUT2D eigenvalue weighted by molar-refractivity contribution is -0.119. The Morgan fingerprint density at radius 1 is 1.56 bits per heavy atom. The summed E-state index contributed by atoms with van der Waals surface area (Å²) >= 11 is 1.34. The Morgan fingerprint density at radius 2 is 2.17 bits per heavy atom. The van der Waals surface area contributed by atoms with Gasteiger partial charge in [-0.15, -0.1) is 11.3 Å². The predicted octanol–water partition coefficient (Wildman–Crippen LogP) is 0.547. The van der Waals surface area contributed by atoms with Crippen LogP contribution in [0.1, 0.15) is 48.7 Å². The van der Waals surface area contributed by atoms with Gasteiger partial charge in [-0.25, -0.2) is 4.98 Å². The van der Waals surface area contributed by atoms with Gasteiger partial charge >= 0.3 is 0 Å². The number of nitrogens with one attached hydrogen (secondary N) is 1. The van der Waals surface area contributed by atoms with Gasteiger partial charge in [0.25, 0.3) is 5.91 Å². The van der Waals surface area contributed by atoms with Crippen LogP contribution in [-0.2, 0) is 4.79 Å². The Labute approximate surface area is 110 Å². The monoisotopic (exact) mass is 270 g/mol. The highest BCUT2D eigenvalue weighted by Crippen LogP contribution is 2.17. The van der Waals surface area contributed by atoms with E-state index in [1.807, 2.05) is 0 Å². The highest BCUT2D eigenvalue weighted by Gasteiger charge is 2.24. The van der Waals surface area contributed by atoms with Crippen LogP contribution in [0.25, 0.3) is 0 Å². The molecule has 1 rings (SSSR count). The molecule has 2 amide bonds. The van der Waals surface area contributed by atoms with Gasteiger partial charge in [-0.2, -0.15) is 0 Å². The fraction of sp³-hybridized carbons (Fsp3) is 0.545. The number of nitrogens with two attached hydrogens (primary N) is 2. The van der Waals surface area contributed by atoms with Crippen molar-refractivity contribution in [1.29, 1.82) is 0 Å². The molecule has 1 aromatic heterocycles. The van der Waals surface area contributed by atoms with Gasteiger partial charge in [-0.3, -0.25) is 9.59 Å². The van der Waals surface area contributed by atoms with Crippen molar-refractivity contribution in [2.75, 3.05) is 0 Å². The minimum atomic E-state index is -0.693. The Hall–Kier alpha value is -1.47. The lowest BCUT2D eigenvalue weighted by Crippen LogP contribution is -2.46. The van der Waals surface area contributed by atoms with Crippen molar-refractivity contribution >= 4 is 23.2 Å². The molecule has 0 bridgehead atoms. The maximum absolute atomic E-state index is 11.9. The summed E-state index contributed by atoms with van der Waals surface area (Å²) in [6.45, 7) is 5.26. The molecule has 1 heterocycles. The number of amides is 2. The molecule has 1 atom stereocenters. The molecule has 1 unspecified atom stereocenters. The van der Waals surface area contributed by atoms with Gasteiger partial charge < -0.3 is 16.8 Å². The van der Waals surface area contributed by atoms with Gasteiger partial charge in [-0.1, -0.05) is 0 Å². The predicted molar refractivity (Wildman–Crippen MR) is 70.1 cm³/mol. The smallest absolute Gasteiger partial charge is 0.271 e. The van der Waals surface area contributed by atoms with Gasteiger partial charge in [0.05, 0.1) is 6.04 Å². The number of hydrogen-bond donors (Lipinski definition) is 3. The number of aromatic nitrogens is 1. The fourth-order valence-corrected chi connectivity index (χ4v) is 2.21. The number of primary amides is 1. The molecule has 1 aromatic rings. The highest BCUT2D eigenvalue weighted by molar-refractivity contribution is 7.09. The number of rotatable bonds is 5. The topological polar surface area (TPSA) is 111 Å². The Morgan fingerprint density at radius 3 is 2.61 bits per heavy atom. The first-order valence-corrected chi connectivity index (χ1v) is 6.41. The first-order chi connectivity index (χ1) is 8.21. The van der Waals surface area contributed by atoms with Crippen LogP contribution in [0, 0.1) is 0 Å². The first-order valence-electron chi connectivity index (χ1n) is 5.53. The number of carbonyl (C=O) groups is 2. The molecule has 6 nitrogen and oxygen atoms in total. The van der Waals surface area contributed by atoms with E-state index in [-0.39, 0.29) is 18.4 Å². The Balaban J connectivity index is 2.72. The van der Waals surface area contributed by atoms with Crippen molar-refractivity contribution in [3.8, 4) is 0 Å². The van der Waals surface area contributed by atoms with E-state index >= 15 is 0 Å². The van der Waals surface area contributed by atoms with Gasteiger partial charge in [0, 0.05) is 17.3 Å². The molecule has 0 aliphatic rings. The van der Waals surface area contributed by atoms with Crippen LogP contribution < -0.4 is 16.8 Å². The van der Waals surface area contributed by atoms with Crippen molar-refractivity contribution in [2.24, 2.45) is 11.5 Å². The summed E-state index contributed by atoms with van der Waals surface area (Å²) in [6, 6.07) is -0.199. The zero-order valence-corrected chi connectivity index (χ0v) is 11.5. The van der Waals surface area contributed by atoms with Crippen LogP contribution >= 0.6 is 11.3 Å². The molecular weight excluding hydrogens is 252 g/mol. The van der Waals surface area contributed by atoms with E-state index in [9.17, 15) is 9.59 Å². The summed E-state index contributed by atoms with van der Waals surface area (Å²) in [6.07, 6.45) is 0.0724. The summed E-state index contributed by atoms with van der Waals surface area (Å²) in [5.41, 5.74) is 10.4. The van der Waals surface area contributed by atoms with Crippen molar-refractivity contribution in [1.82, 2.24) is 10.3 Å². The van der Waals surface area contributed by atoms with E-state index in [0.717, 1.165) is 0 Å². The molecule has 7 heteroatoms. The Kier molecular flexibility index (Phi) is 4.42. The van der Waals surface area contributed by atoms with E-state index in [1.54, 1.807) is 26.2 Å². The van der Waals surface area contributed by atoms with Crippen LogP contribution in [0.15, 0.2) is 5.38 Å². The normalized spacial score (nSPS) is 13.1. The van der Waals surface area contributed by atoms with E-state index in [0.29, 0.717) is 10.7 Å². The zero-order valence-electron chi connectivity index (χ0n) is 10.7. The van der Waals surface area contributed by atoms with Crippen molar-refractivity contribution in [3.05, 3.63) is 16.1 Å². The number of thiazole rings is 1. The molecule has 0 fully saturated rings. The second-order valence-electron chi connectivity index (χ2n) is 4.84. The summed E-state index contributed by atoms with van der Waals surface area (Å²) in [7, 11) is 0. The average Bonchev–Trinajstić information content (AvgIpc) is 2.62. The maximum atomic E-state index is 11.9. The second-order valence-corrected chi connectivity index (χ2v) is 5.73. The van der Waals surface area contributed by atoms with Crippen LogP contribution in [0.2, 0.25) is 0 Å². The molecule has 18 heavy (non-hydrogen) atoms. The van der Waals surface area contributed by atoms with Crippen LogP contribution in [-0.4, -0.2) is 22.3 Å². The minimum absolute atomic E-state index is 0.0724. The number of hydrogen-bond acceptors (Lipinski definition) is 5. The van der Waals surface area contributed by atoms with Gasteiger partial charge in [0.15, 0.2) is 0 Å². The van der Waals surface area contributed by atoms with Crippen LogP contribution in [0.5, 0.6) is 0 Å². The molecule has 5 N–H and O–H groups in total. The number of nitrogens with zero attached hydrogens (tertiary/aromatic N) is 1. The highest BCUT2D eigenvalue weighted by atomic mass is 32.1. The molecule has 100 valence electrons. The molecular formula is C11H18N4O2S. The fourth-order valence-electron chi connectivity index (χ4n) is 1.45. The summed E-state index contributed by atoms with van der Waals surface area (Å²) < 4.78 is 0. The van der Waals surface area contributed by atoms with Crippen molar-refractivity contribution in [2.45, 2.75) is 38.8 Å². The molecule has 0 aliphatic heterocycles. The van der Waals surface area contributed by atoms with Crippen LogP contribution in [0.3, 0.4) is 0 Å². The standard InChI is InChI=1S/C11H18N4O2S/c1-6(12)10-14-7(5-18-10)9(17)15-11(2,3)4-8(13)16/h5-6H,4,12H2,1-3H3,(H2,13,16)(H,15,17). The Bertz CT molecular complexity index is 454. The molecule has 0 aliphatic carbocycles. The first kappa shape index (κ1) is 14.6. The summed E-state index contributed by atoms with van der Waals surface area (Å²) in [5.74, 6) is -0.792. The molecule has 0 radical (unpaired) electrons. The molecule has 0 aromatic carbocycles. The van der Waals surface area contributed by atoms with E-state index in [1.165, 1.54) is 11.3 Å². The van der Waals surface area contributed by atoms with E-state index < -0.39 is 11.4 Å². The third-order valence-corrected chi connectivity index (χ3v) is 3.26. The number of carbonyl (C=O) groups excluding carboxylic acids is 2. The molecule has 0 saturated carbocycles. The second kappa shape index (κ2) is 5.45. The third-order valence-electron chi connectivity index (χ3n) is 2.21. The maximum Gasteiger partial charge on any atom is 0.271 e.